The largest absolute Gasteiger partial charge is 0.505 e. The number of aromatic nitrogens is 6. The Kier molecular flexibility index (Phi) is 12.9. The Morgan fingerprint density at radius 2 is 1.98 bits per heavy atom. The molecule has 5 rings (SSSR count). The van der Waals surface area contributed by atoms with E-state index in [1.165, 1.54) is 0 Å². The summed E-state index contributed by atoms with van der Waals surface area (Å²) in [7, 11) is 0. The van der Waals surface area contributed by atoms with Crippen LogP contribution in [0.15, 0.2) is 30.5 Å². The van der Waals surface area contributed by atoms with Crippen LogP contribution in [0.5, 0.6) is 0 Å². The molecular weight excluding hydrogens is 652 g/mol. The second-order valence-electron chi connectivity index (χ2n) is 12.9. The van der Waals surface area contributed by atoms with Crippen molar-refractivity contribution in [3.8, 4) is 17.3 Å². The van der Waals surface area contributed by atoms with Crippen molar-refractivity contribution >= 4 is 29.4 Å². The maximum Gasteiger partial charge on any atom is 0.505 e. The zero-order valence-electron chi connectivity index (χ0n) is 28.0. The third kappa shape index (κ3) is 10.4. The highest BCUT2D eigenvalue weighted by Crippen LogP contribution is 2.32. The van der Waals surface area contributed by atoms with Gasteiger partial charge in [-0.15, -0.1) is 5.10 Å². The number of halogens is 1. The van der Waals surface area contributed by atoms with Gasteiger partial charge in [0.1, 0.15) is 18.2 Å². The highest BCUT2D eigenvalue weighted by Gasteiger charge is 2.32. The van der Waals surface area contributed by atoms with Crippen LogP contribution in [0.2, 0.25) is 5.02 Å². The molecule has 264 valence electrons. The number of nitrogens with one attached hydrogen (secondary N) is 3. The molecule has 0 amide bonds. The van der Waals surface area contributed by atoms with Gasteiger partial charge in [-0.3, -0.25) is 0 Å². The lowest BCUT2D eigenvalue weighted by Crippen LogP contribution is -2.43. The van der Waals surface area contributed by atoms with Crippen LogP contribution in [0.4, 0.5) is 16.4 Å². The second kappa shape index (κ2) is 17.5. The van der Waals surface area contributed by atoms with Gasteiger partial charge >= 0.3 is 6.16 Å². The lowest BCUT2D eigenvalue weighted by molar-refractivity contribution is 0.0455. The summed E-state index contributed by atoms with van der Waals surface area (Å²) in [6.07, 6.45) is 6.25. The molecule has 0 aromatic carbocycles. The predicted molar refractivity (Wildman–Crippen MR) is 182 cm³/mol. The Morgan fingerprint density at radius 1 is 1.20 bits per heavy atom. The van der Waals surface area contributed by atoms with Crippen LogP contribution in [-0.2, 0) is 20.8 Å². The molecule has 15 nitrogen and oxygen atoms in total. The first-order chi connectivity index (χ1) is 23.7. The molecule has 0 spiro atoms. The fourth-order valence-electron chi connectivity index (χ4n) is 6.23. The number of hydrogen-bond acceptors (Lipinski definition) is 13. The van der Waals surface area contributed by atoms with E-state index in [2.05, 4.69) is 54.2 Å². The molecule has 16 heteroatoms. The predicted octanol–water partition coefficient (Wildman–Crippen LogP) is 5.08. The molecule has 1 saturated heterocycles. The summed E-state index contributed by atoms with van der Waals surface area (Å²) in [6.45, 7) is 6.53. The first-order valence-electron chi connectivity index (χ1n) is 16.8. The molecule has 2 atom stereocenters. The van der Waals surface area contributed by atoms with Crippen LogP contribution in [0.3, 0.4) is 0 Å². The maximum absolute atomic E-state index is 10.6. The smallest absolute Gasteiger partial charge is 0.450 e. The molecule has 4 N–H and O–H groups in total. The molecule has 0 radical (unpaired) electrons. The summed E-state index contributed by atoms with van der Waals surface area (Å²) in [5.41, 5.74) is 1.08. The zero-order valence-corrected chi connectivity index (χ0v) is 28.7. The summed E-state index contributed by atoms with van der Waals surface area (Å²) >= 11 is 6.59. The van der Waals surface area contributed by atoms with Crippen molar-refractivity contribution < 1.29 is 24.1 Å². The second-order valence-corrected chi connectivity index (χ2v) is 13.3. The third-order valence-corrected chi connectivity index (χ3v) is 9.41. The number of nitrogens with zero attached hydrogens (tertiary/aromatic N) is 7. The van der Waals surface area contributed by atoms with E-state index in [4.69, 9.17) is 31.2 Å². The van der Waals surface area contributed by atoms with E-state index in [0.29, 0.717) is 68.3 Å². The van der Waals surface area contributed by atoms with Gasteiger partial charge in [0, 0.05) is 56.1 Å². The lowest BCUT2D eigenvalue weighted by Gasteiger charge is -2.32. The van der Waals surface area contributed by atoms with E-state index in [1.54, 1.807) is 10.9 Å². The topological polar surface area (TPSA) is 194 Å². The average Bonchev–Trinajstić information content (AvgIpc) is 3.58. The summed E-state index contributed by atoms with van der Waals surface area (Å²) in [5.74, 6) is 2.04. The number of hydrogen-bond donors (Lipinski definition) is 4. The van der Waals surface area contributed by atoms with Crippen LogP contribution in [0.1, 0.15) is 70.7 Å². The van der Waals surface area contributed by atoms with Crippen molar-refractivity contribution in [3.05, 3.63) is 41.3 Å². The third-order valence-electron chi connectivity index (χ3n) is 9.11. The Morgan fingerprint density at radius 3 is 2.73 bits per heavy atom. The van der Waals surface area contributed by atoms with Gasteiger partial charge in [0.15, 0.2) is 5.82 Å². The van der Waals surface area contributed by atoms with Crippen molar-refractivity contribution in [2.24, 2.45) is 5.41 Å². The van der Waals surface area contributed by atoms with Crippen molar-refractivity contribution in [3.63, 3.8) is 0 Å². The van der Waals surface area contributed by atoms with Crippen molar-refractivity contribution in [2.45, 2.75) is 89.6 Å². The maximum atomic E-state index is 10.6. The number of carboxylic acid groups (broad SMARTS) is 1. The molecule has 49 heavy (non-hydrogen) atoms. The SMILES string of the molecule is CC(COCc1nnnn1[C@H](C)CCOC(=O)O)NC1CCC(Nc2cc(-c3cccc(NCC4(C#N)CCOCC4)n3)c(Cl)cn2)CC1. The minimum Gasteiger partial charge on any atom is -0.450 e. The Labute approximate surface area is 291 Å². The average molecular weight is 697 g/mol. The number of nitriles is 1. The van der Waals surface area contributed by atoms with Gasteiger partial charge in [0.25, 0.3) is 0 Å². The van der Waals surface area contributed by atoms with Gasteiger partial charge in [-0.25, -0.2) is 19.4 Å². The van der Waals surface area contributed by atoms with E-state index >= 15 is 0 Å². The molecule has 0 bridgehead atoms. The molecule has 2 aliphatic rings. The van der Waals surface area contributed by atoms with Crippen molar-refractivity contribution in [2.75, 3.05) is 43.6 Å². The number of ether oxygens (including phenoxy) is 3. The molecule has 1 aliphatic carbocycles. The first kappa shape index (κ1) is 36.2. The summed E-state index contributed by atoms with van der Waals surface area (Å²) < 4.78 is 17.6. The number of pyridine rings is 2. The summed E-state index contributed by atoms with van der Waals surface area (Å²) in [4.78, 5) is 19.9. The Bertz CT molecular complexity index is 1550. The molecule has 1 aliphatic heterocycles. The van der Waals surface area contributed by atoms with Crippen LogP contribution in [0.25, 0.3) is 11.3 Å². The van der Waals surface area contributed by atoms with Crippen LogP contribution in [-0.4, -0.2) is 92.5 Å². The molecule has 1 unspecified atom stereocenters. The summed E-state index contributed by atoms with van der Waals surface area (Å²) in [6, 6.07) is 10.9. The molecule has 3 aromatic rings. The number of tetrazole rings is 1. The van der Waals surface area contributed by atoms with E-state index in [0.717, 1.165) is 42.8 Å². The van der Waals surface area contributed by atoms with Crippen LogP contribution in [0, 0.1) is 16.7 Å². The standard InChI is InChI=1S/C33H45ClN10O5/c1-22(18-48-19-31-41-42-43-44(31)23(2)10-13-49-32(45)46)38-24-6-8-25(9-7-24)39-30-16-26(27(34)17-36-30)28-4-3-5-29(40-28)37-21-33(20-35)11-14-47-15-12-33/h3-5,16-17,22-25,38H,6-15,18-19,21H2,1-2H3,(H,36,39)(H,37,40)(H,45,46)/t22?,23-,24?,25?/m1/s1. The van der Waals surface area contributed by atoms with E-state index in [-0.39, 0.29) is 31.3 Å². The Hall–Kier alpha value is -4.10. The van der Waals surface area contributed by atoms with Crippen molar-refractivity contribution in [1.29, 1.82) is 5.26 Å². The van der Waals surface area contributed by atoms with Gasteiger partial charge in [0.2, 0.25) is 0 Å². The monoisotopic (exact) mass is 696 g/mol. The molecule has 4 heterocycles. The Balaban J connectivity index is 1.05. The molecular formula is C33H45ClN10O5. The minimum atomic E-state index is -1.30. The zero-order chi connectivity index (χ0) is 34.6. The van der Waals surface area contributed by atoms with E-state index < -0.39 is 11.6 Å². The quantitative estimate of drug-likeness (QED) is 0.145. The van der Waals surface area contributed by atoms with E-state index in [1.807, 2.05) is 31.2 Å². The highest BCUT2D eigenvalue weighted by atomic mass is 35.5. The summed E-state index contributed by atoms with van der Waals surface area (Å²) in [5, 5.41) is 41.4. The van der Waals surface area contributed by atoms with Crippen LogP contribution < -0.4 is 16.0 Å². The molecule has 3 aromatic heterocycles. The number of carbonyl (C=O) groups is 1. The van der Waals surface area contributed by atoms with Crippen LogP contribution >= 0.6 is 11.6 Å². The van der Waals surface area contributed by atoms with Gasteiger partial charge in [-0.05, 0) is 81.0 Å². The van der Waals surface area contributed by atoms with Gasteiger partial charge in [-0.1, -0.05) is 17.7 Å². The molecule has 1 saturated carbocycles. The van der Waals surface area contributed by atoms with E-state index in [9.17, 15) is 10.1 Å². The van der Waals surface area contributed by atoms with Crippen molar-refractivity contribution in [1.82, 2.24) is 35.5 Å². The lowest BCUT2D eigenvalue weighted by atomic mass is 9.82. The van der Waals surface area contributed by atoms with Gasteiger partial charge in [-0.2, -0.15) is 5.26 Å². The normalized spacial score (nSPS) is 20.1. The van der Waals surface area contributed by atoms with Gasteiger partial charge < -0.3 is 35.3 Å². The fraction of sp³-hybridized carbons (Fsp3) is 0.606. The van der Waals surface area contributed by atoms with Gasteiger partial charge in [0.05, 0.1) is 41.5 Å². The highest BCUT2D eigenvalue weighted by molar-refractivity contribution is 6.33. The number of anilines is 2. The minimum absolute atomic E-state index is 0.0693. The molecule has 2 fully saturated rings. The fourth-order valence-corrected chi connectivity index (χ4v) is 6.43. The number of rotatable bonds is 16. The first-order valence-corrected chi connectivity index (χ1v) is 17.2.